The van der Waals surface area contributed by atoms with Gasteiger partial charge in [0.25, 0.3) is 5.91 Å². The van der Waals surface area contributed by atoms with Gasteiger partial charge in [0, 0.05) is 32.7 Å². The number of carbonyl (C=O) groups excluding carboxylic acids is 1. The molecule has 0 saturated carbocycles. The maximum absolute atomic E-state index is 12.6. The molecule has 1 aliphatic rings. The van der Waals surface area contributed by atoms with Gasteiger partial charge in [0.2, 0.25) is 0 Å². The third kappa shape index (κ3) is 3.79. The molecule has 0 bridgehead atoms. The Balaban J connectivity index is 1.58. The maximum Gasteiger partial charge on any atom is 0.257 e. The van der Waals surface area contributed by atoms with Crippen molar-refractivity contribution in [3.63, 3.8) is 0 Å². The number of nitrogens with zero attached hydrogens (tertiary/aromatic N) is 2. The Morgan fingerprint density at radius 3 is 2.58 bits per heavy atom. The molecule has 0 unspecified atom stereocenters. The van der Waals surface area contributed by atoms with Gasteiger partial charge in [-0.05, 0) is 37.1 Å². The van der Waals surface area contributed by atoms with Gasteiger partial charge in [0.1, 0.15) is 11.5 Å². The van der Waals surface area contributed by atoms with E-state index >= 15 is 0 Å². The number of aryl methyl sites for hydroxylation is 1. The van der Waals surface area contributed by atoms with E-state index in [9.17, 15) is 4.79 Å². The zero-order valence-electron chi connectivity index (χ0n) is 14.3. The van der Waals surface area contributed by atoms with Crippen molar-refractivity contribution in [2.75, 3.05) is 33.3 Å². The van der Waals surface area contributed by atoms with Crippen molar-refractivity contribution in [1.29, 1.82) is 0 Å². The molecule has 1 fully saturated rings. The van der Waals surface area contributed by atoms with Crippen LogP contribution >= 0.6 is 0 Å². The van der Waals surface area contributed by atoms with Crippen molar-refractivity contribution in [2.24, 2.45) is 0 Å². The minimum absolute atomic E-state index is 0.0764. The van der Waals surface area contributed by atoms with E-state index in [1.54, 1.807) is 19.4 Å². The molecule has 5 heteroatoms. The molecule has 0 aliphatic carbocycles. The smallest absolute Gasteiger partial charge is 0.257 e. The van der Waals surface area contributed by atoms with Gasteiger partial charge in [-0.3, -0.25) is 9.69 Å². The van der Waals surface area contributed by atoms with Crippen molar-refractivity contribution in [3.05, 3.63) is 53.5 Å². The lowest BCUT2D eigenvalue weighted by molar-refractivity contribution is 0.0759. The highest BCUT2D eigenvalue weighted by Gasteiger charge is 2.22. The third-order valence-corrected chi connectivity index (χ3v) is 4.53. The van der Waals surface area contributed by atoms with Crippen LogP contribution in [-0.2, 0) is 6.54 Å². The summed E-state index contributed by atoms with van der Waals surface area (Å²) in [4.78, 5) is 16.9. The Morgan fingerprint density at radius 1 is 1.12 bits per heavy atom. The standard InChI is InChI=1S/C19H24N2O3/c1-15-18(8-13-24-15)19(22)21-10-3-9-20(11-12-21)14-16-4-6-17(23-2)7-5-16/h4-8,13H,3,9-12,14H2,1-2H3. The molecule has 5 nitrogen and oxygen atoms in total. The number of carbonyl (C=O) groups is 1. The molecular formula is C19H24N2O3. The highest BCUT2D eigenvalue weighted by atomic mass is 16.5. The number of hydrogen-bond acceptors (Lipinski definition) is 4. The fourth-order valence-electron chi connectivity index (χ4n) is 3.10. The second-order valence-corrected chi connectivity index (χ2v) is 6.16. The average Bonchev–Trinajstić information content (AvgIpc) is 2.89. The number of rotatable bonds is 4. The van der Waals surface area contributed by atoms with Gasteiger partial charge in [-0.2, -0.15) is 0 Å². The largest absolute Gasteiger partial charge is 0.497 e. The van der Waals surface area contributed by atoms with E-state index in [4.69, 9.17) is 9.15 Å². The SMILES string of the molecule is COc1ccc(CN2CCCN(C(=O)c3ccoc3C)CC2)cc1. The average molecular weight is 328 g/mol. The van der Waals surface area contributed by atoms with Crippen molar-refractivity contribution in [2.45, 2.75) is 19.9 Å². The molecule has 0 atom stereocenters. The van der Waals surface area contributed by atoms with Crippen molar-refractivity contribution in [1.82, 2.24) is 9.80 Å². The Labute approximate surface area is 142 Å². The molecule has 0 radical (unpaired) electrons. The third-order valence-electron chi connectivity index (χ3n) is 4.53. The first kappa shape index (κ1) is 16.6. The van der Waals surface area contributed by atoms with Crippen LogP contribution in [0.1, 0.15) is 28.1 Å². The Hall–Kier alpha value is -2.27. The summed E-state index contributed by atoms with van der Waals surface area (Å²) >= 11 is 0. The summed E-state index contributed by atoms with van der Waals surface area (Å²) in [6, 6.07) is 9.94. The van der Waals surface area contributed by atoms with Crippen LogP contribution in [0.3, 0.4) is 0 Å². The number of hydrogen-bond donors (Lipinski definition) is 0. The van der Waals surface area contributed by atoms with Gasteiger partial charge >= 0.3 is 0 Å². The van der Waals surface area contributed by atoms with Crippen LogP contribution in [0.2, 0.25) is 0 Å². The molecule has 1 aliphatic heterocycles. The van der Waals surface area contributed by atoms with E-state index in [0.717, 1.165) is 44.9 Å². The van der Waals surface area contributed by atoms with E-state index in [1.807, 2.05) is 24.0 Å². The van der Waals surface area contributed by atoms with Crippen LogP contribution in [0.25, 0.3) is 0 Å². The lowest BCUT2D eigenvalue weighted by Gasteiger charge is -2.22. The molecular weight excluding hydrogens is 304 g/mol. The predicted octanol–water partition coefficient (Wildman–Crippen LogP) is 2.94. The van der Waals surface area contributed by atoms with E-state index in [2.05, 4.69) is 17.0 Å². The summed E-state index contributed by atoms with van der Waals surface area (Å²) in [5, 5.41) is 0. The van der Waals surface area contributed by atoms with Crippen molar-refractivity contribution < 1.29 is 13.9 Å². The number of ether oxygens (including phenoxy) is 1. The monoisotopic (exact) mass is 328 g/mol. The van der Waals surface area contributed by atoms with E-state index < -0.39 is 0 Å². The van der Waals surface area contributed by atoms with Crippen molar-refractivity contribution in [3.8, 4) is 5.75 Å². The molecule has 24 heavy (non-hydrogen) atoms. The molecule has 1 aromatic carbocycles. The summed E-state index contributed by atoms with van der Waals surface area (Å²) in [6.45, 7) is 6.16. The Bertz CT molecular complexity index is 678. The second kappa shape index (κ2) is 7.53. The van der Waals surface area contributed by atoms with Crippen LogP contribution < -0.4 is 4.74 Å². The quantitative estimate of drug-likeness (QED) is 0.866. The lowest BCUT2D eigenvalue weighted by Crippen LogP contribution is -2.35. The topological polar surface area (TPSA) is 45.9 Å². The number of methoxy groups -OCH3 is 1. The first-order valence-corrected chi connectivity index (χ1v) is 8.36. The molecule has 2 aromatic rings. The minimum Gasteiger partial charge on any atom is -0.497 e. The van der Waals surface area contributed by atoms with Crippen LogP contribution in [0, 0.1) is 6.92 Å². The summed E-state index contributed by atoms with van der Waals surface area (Å²) in [5.74, 6) is 1.65. The summed E-state index contributed by atoms with van der Waals surface area (Å²) in [6.07, 6.45) is 2.56. The van der Waals surface area contributed by atoms with E-state index in [0.29, 0.717) is 11.3 Å². The molecule has 0 spiro atoms. The molecule has 1 saturated heterocycles. The van der Waals surface area contributed by atoms with Crippen molar-refractivity contribution >= 4 is 5.91 Å². The fraction of sp³-hybridized carbons (Fsp3) is 0.421. The Kier molecular flexibility index (Phi) is 5.20. The fourth-order valence-corrected chi connectivity index (χ4v) is 3.10. The zero-order chi connectivity index (χ0) is 16.9. The highest BCUT2D eigenvalue weighted by molar-refractivity contribution is 5.95. The van der Waals surface area contributed by atoms with Gasteiger partial charge in [0.05, 0.1) is 18.9 Å². The number of furan rings is 1. The molecule has 1 amide bonds. The first-order valence-electron chi connectivity index (χ1n) is 8.36. The predicted molar refractivity (Wildman–Crippen MR) is 92.2 cm³/mol. The highest BCUT2D eigenvalue weighted by Crippen LogP contribution is 2.16. The molecule has 0 N–H and O–H groups in total. The molecule has 128 valence electrons. The van der Waals surface area contributed by atoms with E-state index in [1.165, 1.54) is 5.56 Å². The lowest BCUT2D eigenvalue weighted by atomic mass is 10.2. The van der Waals surface area contributed by atoms with Crippen LogP contribution in [-0.4, -0.2) is 49.0 Å². The van der Waals surface area contributed by atoms with Gasteiger partial charge in [-0.15, -0.1) is 0 Å². The molecule has 3 rings (SSSR count). The van der Waals surface area contributed by atoms with Crippen LogP contribution in [0.15, 0.2) is 41.0 Å². The zero-order valence-corrected chi connectivity index (χ0v) is 14.3. The summed E-state index contributed by atoms with van der Waals surface area (Å²) in [7, 11) is 1.68. The van der Waals surface area contributed by atoms with E-state index in [-0.39, 0.29) is 5.91 Å². The Morgan fingerprint density at radius 2 is 1.92 bits per heavy atom. The summed E-state index contributed by atoms with van der Waals surface area (Å²) in [5.41, 5.74) is 1.94. The summed E-state index contributed by atoms with van der Waals surface area (Å²) < 4.78 is 10.5. The minimum atomic E-state index is 0.0764. The normalized spacial score (nSPS) is 16.0. The van der Waals surface area contributed by atoms with Gasteiger partial charge < -0.3 is 14.1 Å². The first-order chi connectivity index (χ1) is 11.7. The van der Waals surface area contributed by atoms with Crippen LogP contribution in [0.4, 0.5) is 0 Å². The molecule has 2 heterocycles. The van der Waals surface area contributed by atoms with Gasteiger partial charge in [-0.25, -0.2) is 0 Å². The second-order valence-electron chi connectivity index (χ2n) is 6.16. The number of benzene rings is 1. The van der Waals surface area contributed by atoms with Gasteiger partial charge in [-0.1, -0.05) is 12.1 Å². The molecule has 1 aromatic heterocycles. The van der Waals surface area contributed by atoms with Crippen LogP contribution in [0.5, 0.6) is 5.75 Å². The maximum atomic E-state index is 12.6. The van der Waals surface area contributed by atoms with Gasteiger partial charge in [0.15, 0.2) is 0 Å². The number of amides is 1.